The number of ether oxygens (including phenoxy) is 1. The predicted octanol–water partition coefficient (Wildman–Crippen LogP) is 2.12. The first-order chi connectivity index (χ1) is 7.20. The maximum absolute atomic E-state index is 5.79. The molecule has 0 saturated carbocycles. The molecule has 2 heterocycles. The molecule has 0 fully saturated rings. The molecule has 0 radical (unpaired) electrons. The number of methoxy groups -OCH3 is 1. The van der Waals surface area contributed by atoms with Crippen molar-refractivity contribution in [1.82, 2.24) is 14.8 Å². The maximum atomic E-state index is 5.79. The van der Waals surface area contributed by atoms with Crippen LogP contribution in [0.2, 0.25) is 5.15 Å². The Kier molecular flexibility index (Phi) is 2.88. The van der Waals surface area contributed by atoms with E-state index < -0.39 is 0 Å². The van der Waals surface area contributed by atoms with Crippen molar-refractivity contribution < 1.29 is 4.74 Å². The van der Waals surface area contributed by atoms with Crippen LogP contribution in [-0.2, 0) is 11.3 Å². The first kappa shape index (κ1) is 10.4. The molecule has 80 valence electrons. The van der Waals surface area contributed by atoms with Gasteiger partial charge in [0.1, 0.15) is 10.7 Å². The number of halogens is 1. The van der Waals surface area contributed by atoms with Gasteiger partial charge < -0.3 is 4.74 Å². The lowest BCUT2D eigenvalue weighted by Crippen LogP contribution is -2.15. The van der Waals surface area contributed by atoms with E-state index in [9.17, 15) is 0 Å². The lowest BCUT2D eigenvalue weighted by atomic mass is 10.3. The highest BCUT2D eigenvalue weighted by molar-refractivity contribution is 6.29. The molecule has 2 aromatic heterocycles. The van der Waals surface area contributed by atoms with Crippen molar-refractivity contribution in [3.63, 3.8) is 0 Å². The summed E-state index contributed by atoms with van der Waals surface area (Å²) in [6, 6.07) is 3.68. The van der Waals surface area contributed by atoms with Crippen molar-refractivity contribution in [1.29, 1.82) is 0 Å². The molecule has 4 nitrogen and oxygen atoms in total. The van der Waals surface area contributed by atoms with Crippen LogP contribution < -0.4 is 0 Å². The number of fused-ring (bicyclic) bond motifs is 1. The monoisotopic (exact) mass is 225 g/mol. The normalized spacial score (nSPS) is 13.3. The van der Waals surface area contributed by atoms with Crippen LogP contribution in [0.1, 0.15) is 6.92 Å². The van der Waals surface area contributed by atoms with Crippen molar-refractivity contribution in [3.05, 3.63) is 23.5 Å². The van der Waals surface area contributed by atoms with Gasteiger partial charge in [0.15, 0.2) is 0 Å². The molecule has 0 aromatic carbocycles. The molecule has 0 amide bonds. The Balaban J connectivity index is 2.36. The van der Waals surface area contributed by atoms with Crippen LogP contribution in [0.5, 0.6) is 0 Å². The van der Waals surface area contributed by atoms with Crippen LogP contribution in [0.15, 0.2) is 18.3 Å². The average molecular weight is 226 g/mol. The standard InChI is InChI=1S/C10H12ClN3O/c1-7(15-2)6-14-9-3-4-10(11)13-8(9)5-12-14/h3-5,7H,6H2,1-2H3. The second-order valence-electron chi connectivity index (χ2n) is 3.41. The molecule has 2 rings (SSSR count). The van der Waals surface area contributed by atoms with Crippen LogP contribution in [0.3, 0.4) is 0 Å². The molecular formula is C10H12ClN3O. The third kappa shape index (κ3) is 2.11. The fraction of sp³-hybridized carbons (Fsp3) is 0.400. The van der Waals surface area contributed by atoms with Crippen LogP contribution in [0.4, 0.5) is 0 Å². The summed E-state index contributed by atoms with van der Waals surface area (Å²) >= 11 is 5.79. The molecular weight excluding hydrogens is 214 g/mol. The summed E-state index contributed by atoms with van der Waals surface area (Å²) in [7, 11) is 1.69. The van der Waals surface area contributed by atoms with Gasteiger partial charge in [-0.05, 0) is 19.1 Å². The van der Waals surface area contributed by atoms with E-state index in [2.05, 4.69) is 10.1 Å². The van der Waals surface area contributed by atoms with E-state index >= 15 is 0 Å². The third-order valence-electron chi connectivity index (χ3n) is 2.30. The minimum Gasteiger partial charge on any atom is -0.380 e. The van der Waals surface area contributed by atoms with Gasteiger partial charge in [0.2, 0.25) is 0 Å². The smallest absolute Gasteiger partial charge is 0.129 e. The van der Waals surface area contributed by atoms with Gasteiger partial charge in [-0.15, -0.1) is 0 Å². The number of aromatic nitrogens is 3. The number of nitrogens with zero attached hydrogens (tertiary/aromatic N) is 3. The molecule has 0 N–H and O–H groups in total. The predicted molar refractivity (Wildman–Crippen MR) is 59.0 cm³/mol. The van der Waals surface area contributed by atoms with Gasteiger partial charge in [-0.25, -0.2) is 4.98 Å². The minimum absolute atomic E-state index is 0.128. The fourth-order valence-electron chi connectivity index (χ4n) is 1.41. The summed E-state index contributed by atoms with van der Waals surface area (Å²) in [5.41, 5.74) is 1.79. The Hall–Kier alpha value is -1.13. The van der Waals surface area contributed by atoms with E-state index in [0.29, 0.717) is 11.7 Å². The molecule has 15 heavy (non-hydrogen) atoms. The van der Waals surface area contributed by atoms with Crippen molar-refractivity contribution >= 4 is 22.6 Å². The summed E-state index contributed by atoms with van der Waals surface area (Å²) in [5, 5.41) is 4.73. The highest BCUT2D eigenvalue weighted by atomic mass is 35.5. The Morgan fingerprint density at radius 2 is 2.33 bits per heavy atom. The topological polar surface area (TPSA) is 39.9 Å². The molecule has 2 aromatic rings. The first-order valence-electron chi connectivity index (χ1n) is 4.71. The molecule has 0 aliphatic carbocycles. The van der Waals surface area contributed by atoms with Gasteiger partial charge in [0.25, 0.3) is 0 Å². The largest absolute Gasteiger partial charge is 0.380 e. The SMILES string of the molecule is COC(C)Cn1ncc2nc(Cl)ccc21. The molecule has 5 heteroatoms. The van der Waals surface area contributed by atoms with Crippen LogP contribution in [0, 0.1) is 0 Å². The summed E-state index contributed by atoms with van der Waals surface area (Å²) in [4.78, 5) is 4.17. The Bertz CT molecular complexity index is 469. The summed E-state index contributed by atoms with van der Waals surface area (Å²) in [5.74, 6) is 0. The van der Waals surface area contributed by atoms with Gasteiger partial charge in [0, 0.05) is 7.11 Å². The Labute approximate surface area is 92.8 Å². The van der Waals surface area contributed by atoms with E-state index in [-0.39, 0.29) is 6.10 Å². The van der Waals surface area contributed by atoms with Crippen LogP contribution >= 0.6 is 11.6 Å². The van der Waals surface area contributed by atoms with E-state index in [1.165, 1.54) is 0 Å². The van der Waals surface area contributed by atoms with Crippen molar-refractivity contribution in [2.75, 3.05) is 7.11 Å². The number of rotatable bonds is 3. The zero-order valence-electron chi connectivity index (χ0n) is 8.64. The minimum atomic E-state index is 0.128. The Morgan fingerprint density at radius 3 is 3.07 bits per heavy atom. The van der Waals surface area contributed by atoms with Crippen molar-refractivity contribution in [2.45, 2.75) is 19.6 Å². The quantitative estimate of drug-likeness (QED) is 0.752. The molecule has 0 aliphatic heterocycles. The van der Waals surface area contributed by atoms with E-state index in [1.54, 1.807) is 19.4 Å². The number of hydrogen-bond acceptors (Lipinski definition) is 3. The van der Waals surface area contributed by atoms with Gasteiger partial charge in [0.05, 0.1) is 24.4 Å². The molecule has 0 aliphatic rings. The Morgan fingerprint density at radius 1 is 1.53 bits per heavy atom. The first-order valence-corrected chi connectivity index (χ1v) is 5.09. The lowest BCUT2D eigenvalue weighted by Gasteiger charge is -2.09. The second-order valence-corrected chi connectivity index (χ2v) is 3.80. The van der Waals surface area contributed by atoms with E-state index in [1.807, 2.05) is 17.7 Å². The molecule has 0 saturated heterocycles. The average Bonchev–Trinajstić information content (AvgIpc) is 2.60. The lowest BCUT2D eigenvalue weighted by molar-refractivity contribution is 0.101. The highest BCUT2D eigenvalue weighted by Gasteiger charge is 2.07. The zero-order valence-corrected chi connectivity index (χ0v) is 9.40. The van der Waals surface area contributed by atoms with Crippen LogP contribution in [-0.4, -0.2) is 28.0 Å². The van der Waals surface area contributed by atoms with Gasteiger partial charge >= 0.3 is 0 Å². The third-order valence-corrected chi connectivity index (χ3v) is 2.51. The van der Waals surface area contributed by atoms with Gasteiger partial charge in [-0.3, -0.25) is 4.68 Å². The zero-order chi connectivity index (χ0) is 10.8. The molecule has 0 bridgehead atoms. The summed E-state index contributed by atoms with van der Waals surface area (Å²) in [6.45, 7) is 2.71. The number of pyridine rings is 1. The number of hydrogen-bond donors (Lipinski definition) is 0. The van der Waals surface area contributed by atoms with Crippen molar-refractivity contribution in [2.24, 2.45) is 0 Å². The van der Waals surface area contributed by atoms with Crippen molar-refractivity contribution in [3.8, 4) is 0 Å². The second kappa shape index (κ2) is 4.16. The molecule has 1 atom stereocenters. The van der Waals surface area contributed by atoms with Gasteiger partial charge in [-0.1, -0.05) is 11.6 Å². The van der Waals surface area contributed by atoms with E-state index in [0.717, 1.165) is 11.0 Å². The summed E-state index contributed by atoms with van der Waals surface area (Å²) < 4.78 is 7.06. The van der Waals surface area contributed by atoms with Crippen LogP contribution in [0.25, 0.3) is 11.0 Å². The fourth-order valence-corrected chi connectivity index (χ4v) is 1.56. The molecule has 0 spiro atoms. The van der Waals surface area contributed by atoms with Gasteiger partial charge in [-0.2, -0.15) is 5.10 Å². The van der Waals surface area contributed by atoms with E-state index in [4.69, 9.17) is 16.3 Å². The maximum Gasteiger partial charge on any atom is 0.129 e. The highest BCUT2D eigenvalue weighted by Crippen LogP contribution is 2.15. The summed E-state index contributed by atoms with van der Waals surface area (Å²) in [6.07, 6.45) is 1.84. The molecule has 1 unspecified atom stereocenters.